The van der Waals surface area contributed by atoms with Gasteiger partial charge in [0.25, 0.3) is 0 Å². The molecule has 0 bridgehead atoms. The Morgan fingerprint density at radius 2 is 2.00 bits per heavy atom. The summed E-state index contributed by atoms with van der Waals surface area (Å²) in [6.45, 7) is 6.38. The molecular weight excluding hydrogens is 272 g/mol. The van der Waals surface area contributed by atoms with E-state index in [2.05, 4.69) is 53.1 Å². The van der Waals surface area contributed by atoms with E-state index < -0.39 is 0 Å². The third kappa shape index (κ3) is 5.07. The minimum atomic E-state index is 1.01. The number of rotatable bonds is 8. The van der Waals surface area contributed by atoms with Crippen molar-refractivity contribution in [3.8, 4) is 0 Å². The number of hydrogen-bond donors (Lipinski definition) is 1. The van der Waals surface area contributed by atoms with Gasteiger partial charge in [-0.25, -0.2) is 0 Å². The molecule has 0 spiro atoms. The molecule has 0 aliphatic heterocycles. The average molecular weight is 294 g/mol. The van der Waals surface area contributed by atoms with Crippen LogP contribution >= 0.6 is 22.7 Å². The average Bonchev–Trinajstić information content (AvgIpc) is 3.02. The Balaban J connectivity index is 1.78. The minimum Gasteiger partial charge on any atom is -0.312 e. The van der Waals surface area contributed by atoms with Crippen LogP contribution < -0.4 is 5.32 Å². The van der Waals surface area contributed by atoms with Crippen LogP contribution in [0.15, 0.2) is 29.0 Å². The van der Waals surface area contributed by atoms with Crippen molar-refractivity contribution in [3.05, 3.63) is 44.3 Å². The predicted molar refractivity (Wildman–Crippen MR) is 85.8 cm³/mol. The third-order valence-electron chi connectivity index (χ3n) is 2.90. The lowest BCUT2D eigenvalue weighted by Crippen LogP contribution is -2.16. The first-order chi connectivity index (χ1) is 9.28. The van der Waals surface area contributed by atoms with Crippen molar-refractivity contribution >= 4 is 22.7 Å². The molecule has 0 amide bonds. The number of nitrogens with zero attached hydrogens (tertiary/aromatic N) is 1. The van der Waals surface area contributed by atoms with Gasteiger partial charge in [-0.05, 0) is 54.5 Å². The van der Waals surface area contributed by atoms with E-state index in [9.17, 15) is 0 Å². The fourth-order valence-electron chi connectivity index (χ4n) is 2.01. The molecule has 0 aliphatic carbocycles. The molecule has 0 aromatic carbocycles. The second-order valence-electron chi connectivity index (χ2n) is 4.85. The van der Waals surface area contributed by atoms with Gasteiger partial charge in [0.2, 0.25) is 0 Å². The Hall–Kier alpha value is -0.680. The van der Waals surface area contributed by atoms with Crippen molar-refractivity contribution in [3.63, 3.8) is 0 Å². The van der Waals surface area contributed by atoms with Gasteiger partial charge in [-0.3, -0.25) is 4.90 Å². The molecule has 4 heteroatoms. The Bertz CT molecular complexity index is 462. The molecule has 19 heavy (non-hydrogen) atoms. The third-order valence-corrected chi connectivity index (χ3v) is 4.70. The molecule has 1 N–H and O–H groups in total. The molecule has 2 aromatic heterocycles. The van der Waals surface area contributed by atoms with E-state index >= 15 is 0 Å². The van der Waals surface area contributed by atoms with Gasteiger partial charge in [0.15, 0.2) is 0 Å². The topological polar surface area (TPSA) is 15.3 Å². The summed E-state index contributed by atoms with van der Waals surface area (Å²) in [5.74, 6) is 0. The van der Waals surface area contributed by atoms with Crippen LogP contribution in [0.5, 0.6) is 0 Å². The normalized spacial score (nSPS) is 11.3. The van der Waals surface area contributed by atoms with Crippen LogP contribution in [-0.4, -0.2) is 18.5 Å². The Kier molecular flexibility index (Phi) is 6.04. The summed E-state index contributed by atoms with van der Waals surface area (Å²) in [7, 11) is 2.19. The van der Waals surface area contributed by atoms with Crippen molar-refractivity contribution in [1.29, 1.82) is 0 Å². The maximum atomic E-state index is 3.45. The summed E-state index contributed by atoms with van der Waals surface area (Å²) in [4.78, 5) is 5.26. The largest absolute Gasteiger partial charge is 0.312 e. The van der Waals surface area contributed by atoms with E-state index in [1.807, 2.05) is 11.3 Å². The molecule has 0 aliphatic rings. The van der Waals surface area contributed by atoms with Gasteiger partial charge >= 0.3 is 0 Å². The molecule has 0 saturated carbocycles. The highest BCUT2D eigenvalue weighted by Gasteiger charge is 2.05. The van der Waals surface area contributed by atoms with Crippen LogP contribution in [-0.2, 0) is 19.6 Å². The highest BCUT2D eigenvalue weighted by molar-refractivity contribution is 7.12. The fourth-order valence-corrected chi connectivity index (χ4v) is 3.73. The summed E-state index contributed by atoms with van der Waals surface area (Å²) in [5, 5.41) is 7.82. The van der Waals surface area contributed by atoms with E-state index in [1.54, 1.807) is 11.3 Å². The molecule has 2 nitrogen and oxygen atoms in total. The second kappa shape index (κ2) is 7.80. The summed E-state index contributed by atoms with van der Waals surface area (Å²) in [5.41, 5.74) is 1.41. The Morgan fingerprint density at radius 3 is 2.74 bits per heavy atom. The summed E-state index contributed by atoms with van der Waals surface area (Å²) < 4.78 is 0. The predicted octanol–water partition coefficient (Wildman–Crippen LogP) is 3.94. The molecular formula is C15H22N2S2. The SMILES string of the molecule is CCCNCc1ccc(CN(C)Cc2ccsc2)s1. The number of thiophene rings is 2. The van der Waals surface area contributed by atoms with E-state index in [4.69, 9.17) is 0 Å². The highest BCUT2D eigenvalue weighted by atomic mass is 32.1. The zero-order valence-corrected chi connectivity index (χ0v) is 13.3. The van der Waals surface area contributed by atoms with Gasteiger partial charge in [0.05, 0.1) is 0 Å². The molecule has 0 saturated heterocycles. The Morgan fingerprint density at radius 1 is 1.16 bits per heavy atom. The molecule has 0 unspecified atom stereocenters. The molecule has 0 radical (unpaired) electrons. The Labute approximate surface area is 124 Å². The van der Waals surface area contributed by atoms with Crippen molar-refractivity contribution in [2.24, 2.45) is 0 Å². The first-order valence-electron chi connectivity index (χ1n) is 6.76. The van der Waals surface area contributed by atoms with Crippen molar-refractivity contribution in [2.45, 2.75) is 33.0 Å². The second-order valence-corrected chi connectivity index (χ2v) is 6.88. The van der Waals surface area contributed by atoms with Crippen LogP contribution in [0.2, 0.25) is 0 Å². The highest BCUT2D eigenvalue weighted by Crippen LogP contribution is 2.19. The van der Waals surface area contributed by atoms with Gasteiger partial charge in [-0.15, -0.1) is 11.3 Å². The molecule has 104 valence electrons. The van der Waals surface area contributed by atoms with Crippen LogP contribution in [0.25, 0.3) is 0 Å². The van der Waals surface area contributed by atoms with Crippen LogP contribution in [0.1, 0.15) is 28.7 Å². The van der Waals surface area contributed by atoms with Crippen LogP contribution in [0.3, 0.4) is 0 Å². The van der Waals surface area contributed by atoms with E-state index in [-0.39, 0.29) is 0 Å². The standard InChI is InChI=1S/C15H22N2S2/c1-3-7-16-9-14-4-5-15(19-14)11-17(2)10-13-6-8-18-12-13/h4-6,8,12,16H,3,7,9-11H2,1-2H3. The first-order valence-corrected chi connectivity index (χ1v) is 8.51. The lowest BCUT2D eigenvalue weighted by molar-refractivity contribution is 0.322. The van der Waals surface area contributed by atoms with Gasteiger partial charge in [-0.1, -0.05) is 6.92 Å². The number of nitrogens with one attached hydrogen (secondary N) is 1. The monoisotopic (exact) mass is 294 g/mol. The molecule has 2 aromatic rings. The zero-order valence-electron chi connectivity index (χ0n) is 11.7. The van der Waals surface area contributed by atoms with Crippen LogP contribution in [0, 0.1) is 0 Å². The van der Waals surface area contributed by atoms with E-state index in [0.29, 0.717) is 0 Å². The maximum Gasteiger partial charge on any atom is 0.0328 e. The summed E-state index contributed by atoms with van der Waals surface area (Å²) in [6.07, 6.45) is 1.20. The van der Waals surface area contributed by atoms with Gasteiger partial charge in [0.1, 0.15) is 0 Å². The summed E-state index contributed by atoms with van der Waals surface area (Å²) in [6, 6.07) is 6.72. The molecule has 0 fully saturated rings. The minimum absolute atomic E-state index is 1.01. The molecule has 2 heterocycles. The molecule has 2 rings (SSSR count). The van der Waals surface area contributed by atoms with Gasteiger partial charge in [0, 0.05) is 29.4 Å². The quantitative estimate of drug-likeness (QED) is 0.742. The van der Waals surface area contributed by atoms with Crippen molar-refractivity contribution < 1.29 is 0 Å². The van der Waals surface area contributed by atoms with Crippen LogP contribution in [0.4, 0.5) is 0 Å². The van der Waals surface area contributed by atoms with Gasteiger partial charge < -0.3 is 5.32 Å². The summed E-state index contributed by atoms with van der Waals surface area (Å²) >= 11 is 3.69. The lowest BCUT2D eigenvalue weighted by Gasteiger charge is -2.14. The number of hydrogen-bond acceptors (Lipinski definition) is 4. The lowest BCUT2D eigenvalue weighted by atomic mass is 10.3. The maximum absolute atomic E-state index is 3.45. The molecule has 0 atom stereocenters. The zero-order chi connectivity index (χ0) is 13.5. The van der Waals surface area contributed by atoms with E-state index in [1.165, 1.54) is 21.7 Å². The smallest absolute Gasteiger partial charge is 0.0328 e. The van der Waals surface area contributed by atoms with Crippen molar-refractivity contribution in [2.75, 3.05) is 13.6 Å². The first kappa shape index (κ1) is 14.7. The van der Waals surface area contributed by atoms with Gasteiger partial charge in [-0.2, -0.15) is 11.3 Å². The van der Waals surface area contributed by atoms with E-state index in [0.717, 1.165) is 26.2 Å². The fraction of sp³-hybridized carbons (Fsp3) is 0.467. The van der Waals surface area contributed by atoms with Crippen molar-refractivity contribution in [1.82, 2.24) is 10.2 Å².